The molecule has 108 valence electrons. The molecule has 3 heteroatoms. The molecule has 3 rings (SSSR count). The first-order valence-corrected chi connectivity index (χ1v) is 7.76. The number of nitrogens with one attached hydrogen (secondary N) is 1. The van der Waals surface area contributed by atoms with Crippen LogP contribution in [0.15, 0.2) is 24.3 Å². The molecule has 1 aromatic carbocycles. The lowest BCUT2D eigenvalue weighted by molar-refractivity contribution is -0.135. The summed E-state index contributed by atoms with van der Waals surface area (Å²) < 4.78 is 0. The van der Waals surface area contributed by atoms with E-state index in [-0.39, 0.29) is 11.9 Å². The van der Waals surface area contributed by atoms with Crippen LogP contribution in [-0.2, 0) is 17.8 Å². The van der Waals surface area contributed by atoms with Crippen molar-refractivity contribution < 1.29 is 4.79 Å². The van der Waals surface area contributed by atoms with Crippen molar-refractivity contribution in [3.8, 4) is 0 Å². The molecule has 1 N–H and O–H groups in total. The van der Waals surface area contributed by atoms with Crippen LogP contribution in [0.25, 0.3) is 0 Å². The van der Waals surface area contributed by atoms with E-state index in [1.54, 1.807) is 0 Å². The van der Waals surface area contributed by atoms with Crippen LogP contribution in [0.4, 0.5) is 0 Å². The Morgan fingerprint density at radius 1 is 1.30 bits per heavy atom. The van der Waals surface area contributed by atoms with Crippen molar-refractivity contribution in [1.29, 1.82) is 0 Å². The molecule has 1 aromatic rings. The maximum atomic E-state index is 12.8. The van der Waals surface area contributed by atoms with Crippen molar-refractivity contribution in [2.24, 2.45) is 5.92 Å². The van der Waals surface area contributed by atoms with E-state index in [2.05, 4.69) is 48.3 Å². The number of nitrogens with zero attached hydrogens (tertiary/aromatic N) is 1. The average Bonchev–Trinajstić information content (AvgIpc) is 3.27. The van der Waals surface area contributed by atoms with Crippen molar-refractivity contribution >= 4 is 5.91 Å². The second-order valence-electron chi connectivity index (χ2n) is 6.43. The first-order valence-electron chi connectivity index (χ1n) is 7.76. The summed E-state index contributed by atoms with van der Waals surface area (Å²) in [5, 5.41) is 3.41. The smallest absolute Gasteiger partial charge is 0.240 e. The second kappa shape index (κ2) is 5.57. The van der Waals surface area contributed by atoms with Crippen LogP contribution in [-0.4, -0.2) is 29.4 Å². The molecule has 1 saturated carbocycles. The number of hydrogen-bond acceptors (Lipinski definition) is 2. The molecule has 20 heavy (non-hydrogen) atoms. The minimum atomic E-state index is -0.0500. The Labute approximate surface area is 121 Å². The highest BCUT2D eigenvalue weighted by Crippen LogP contribution is 2.30. The maximum absolute atomic E-state index is 12.8. The maximum Gasteiger partial charge on any atom is 0.240 e. The molecular weight excluding hydrogens is 248 g/mol. The number of amides is 1. The molecule has 1 fully saturated rings. The van der Waals surface area contributed by atoms with Gasteiger partial charge >= 0.3 is 0 Å². The molecule has 1 aliphatic heterocycles. The normalized spacial score (nSPS) is 21.6. The summed E-state index contributed by atoms with van der Waals surface area (Å²) in [5.74, 6) is 1.03. The van der Waals surface area contributed by atoms with E-state index in [1.807, 2.05) is 0 Å². The van der Waals surface area contributed by atoms with E-state index >= 15 is 0 Å². The molecule has 0 saturated heterocycles. The molecule has 1 amide bonds. The third kappa shape index (κ3) is 2.88. The van der Waals surface area contributed by atoms with Crippen LogP contribution in [0.2, 0.25) is 0 Å². The van der Waals surface area contributed by atoms with Gasteiger partial charge in [-0.3, -0.25) is 4.79 Å². The molecule has 0 radical (unpaired) electrons. The van der Waals surface area contributed by atoms with Gasteiger partial charge in [0, 0.05) is 19.1 Å². The van der Waals surface area contributed by atoms with Gasteiger partial charge in [0.15, 0.2) is 0 Å². The molecule has 0 unspecified atom stereocenters. The molecule has 0 aromatic heterocycles. The van der Waals surface area contributed by atoms with E-state index < -0.39 is 0 Å². The topological polar surface area (TPSA) is 32.3 Å². The van der Waals surface area contributed by atoms with Gasteiger partial charge in [0.2, 0.25) is 5.91 Å². The molecule has 3 nitrogen and oxygen atoms in total. The quantitative estimate of drug-likeness (QED) is 0.912. The van der Waals surface area contributed by atoms with Crippen molar-refractivity contribution in [2.75, 3.05) is 6.54 Å². The zero-order valence-corrected chi connectivity index (χ0v) is 12.4. The Morgan fingerprint density at radius 3 is 2.65 bits per heavy atom. The summed E-state index contributed by atoms with van der Waals surface area (Å²) in [6, 6.07) is 8.67. The lowest BCUT2D eigenvalue weighted by atomic mass is 9.95. The van der Waals surface area contributed by atoms with Gasteiger partial charge in [0.05, 0.1) is 6.04 Å². The Balaban J connectivity index is 1.70. The summed E-state index contributed by atoms with van der Waals surface area (Å²) in [4.78, 5) is 14.8. The van der Waals surface area contributed by atoms with Crippen LogP contribution in [0.5, 0.6) is 0 Å². The van der Waals surface area contributed by atoms with Crippen molar-refractivity contribution in [2.45, 2.75) is 51.7 Å². The Bertz CT molecular complexity index is 494. The number of benzene rings is 1. The third-order valence-electron chi connectivity index (χ3n) is 4.44. The minimum Gasteiger partial charge on any atom is -0.339 e. The van der Waals surface area contributed by atoms with Gasteiger partial charge in [-0.25, -0.2) is 0 Å². The molecular formula is C17H24N2O. The lowest BCUT2D eigenvalue weighted by Gasteiger charge is -2.33. The predicted octanol–water partition coefficient (Wildman–Crippen LogP) is 2.35. The van der Waals surface area contributed by atoms with Gasteiger partial charge in [-0.1, -0.05) is 24.3 Å². The Kier molecular flexibility index (Phi) is 3.79. The predicted molar refractivity (Wildman–Crippen MR) is 80.3 cm³/mol. The zero-order valence-electron chi connectivity index (χ0n) is 12.4. The van der Waals surface area contributed by atoms with Crippen molar-refractivity contribution in [3.63, 3.8) is 0 Å². The van der Waals surface area contributed by atoms with Gasteiger partial charge in [-0.15, -0.1) is 0 Å². The summed E-state index contributed by atoms with van der Waals surface area (Å²) in [6.07, 6.45) is 3.40. The fourth-order valence-electron chi connectivity index (χ4n) is 2.96. The Hall–Kier alpha value is -1.35. The van der Waals surface area contributed by atoms with Crippen LogP contribution in [0.3, 0.4) is 0 Å². The summed E-state index contributed by atoms with van der Waals surface area (Å²) >= 11 is 0. The van der Waals surface area contributed by atoms with Crippen LogP contribution in [0.1, 0.15) is 37.8 Å². The van der Waals surface area contributed by atoms with E-state index in [9.17, 15) is 4.79 Å². The van der Waals surface area contributed by atoms with E-state index in [1.165, 1.54) is 24.0 Å². The SMILES string of the molecule is CC(C)N(CC1CC1)C(=O)[C@H]1Cc2ccccc2CN1. The molecule has 2 aliphatic rings. The third-order valence-corrected chi connectivity index (χ3v) is 4.44. The standard InChI is InChI=1S/C17H24N2O/c1-12(2)19(11-13-7-8-13)17(20)16-9-14-5-3-4-6-15(14)10-18-16/h3-6,12-13,16,18H,7-11H2,1-2H3/t16-/m1/s1. The van der Waals surface area contributed by atoms with Gasteiger partial charge in [-0.2, -0.15) is 0 Å². The molecule has 1 aliphatic carbocycles. The number of rotatable bonds is 4. The monoisotopic (exact) mass is 272 g/mol. The fourth-order valence-corrected chi connectivity index (χ4v) is 2.96. The van der Waals surface area contributed by atoms with E-state index in [0.717, 1.165) is 25.4 Å². The number of hydrogen-bond donors (Lipinski definition) is 1. The van der Waals surface area contributed by atoms with Crippen molar-refractivity contribution in [3.05, 3.63) is 35.4 Å². The molecule has 0 bridgehead atoms. The van der Waals surface area contributed by atoms with Gasteiger partial charge in [0.1, 0.15) is 0 Å². The van der Waals surface area contributed by atoms with Crippen LogP contribution in [0, 0.1) is 5.92 Å². The number of fused-ring (bicyclic) bond motifs is 1. The number of carbonyl (C=O) groups excluding carboxylic acids is 1. The largest absolute Gasteiger partial charge is 0.339 e. The van der Waals surface area contributed by atoms with Gasteiger partial charge in [0.25, 0.3) is 0 Å². The highest BCUT2D eigenvalue weighted by molar-refractivity contribution is 5.83. The van der Waals surface area contributed by atoms with Gasteiger partial charge in [-0.05, 0) is 50.2 Å². The first kappa shape index (κ1) is 13.6. The zero-order chi connectivity index (χ0) is 14.1. The molecule has 1 heterocycles. The van der Waals surface area contributed by atoms with Crippen LogP contribution >= 0.6 is 0 Å². The summed E-state index contributed by atoms with van der Waals surface area (Å²) in [6.45, 7) is 5.99. The minimum absolute atomic E-state index is 0.0500. The van der Waals surface area contributed by atoms with E-state index in [0.29, 0.717) is 6.04 Å². The van der Waals surface area contributed by atoms with Crippen LogP contribution < -0.4 is 5.32 Å². The molecule has 0 spiro atoms. The van der Waals surface area contributed by atoms with E-state index in [4.69, 9.17) is 0 Å². The van der Waals surface area contributed by atoms with Gasteiger partial charge < -0.3 is 10.2 Å². The fraction of sp³-hybridized carbons (Fsp3) is 0.588. The molecule has 1 atom stereocenters. The second-order valence-corrected chi connectivity index (χ2v) is 6.43. The number of carbonyl (C=O) groups is 1. The highest BCUT2D eigenvalue weighted by atomic mass is 16.2. The summed E-state index contributed by atoms with van der Waals surface area (Å²) in [5.41, 5.74) is 2.65. The highest BCUT2D eigenvalue weighted by Gasteiger charge is 2.33. The summed E-state index contributed by atoms with van der Waals surface area (Å²) in [7, 11) is 0. The first-order chi connectivity index (χ1) is 9.65. The van der Waals surface area contributed by atoms with Crippen molar-refractivity contribution in [1.82, 2.24) is 10.2 Å². The lowest BCUT2D eigenvalue weighted by Crippen LogP contribution is -2.52. The Morgan fingerprint density at radius 2 is 2.00 bits per heavy atom. The average molecular weight is 272 g/mol.